The van der Waals surface area contributed by atoms with Crippen molar-refractivity contribution in [3.8, 4) is 0 Å². The number of aromatic nitrogens is 2. The summed E-state index contributed by atoms with van der Waals surface area (Å²) in [6.45, 7) is 1.86. The number of rotatable bonds is 3. The summed E-state index contributed by atoms with van der Waals surface area (Å²) in [6.07, 6.45) is 3.23. The lowest BCUT2D eigenvalue weighted by molar-refractivity contribution is 0.0935. The fraction of sp³-hybridized carbons (Fsp3) is 0.154. The minimum atomic E-state index is -0.300. The van der Waals surface area contributed by atoms with Crippen molar-refractivity contribution >= 4 is 11.6 Å². The third-order valence-corrected chi connectivity index (χ3v) is 2.53. The molecule has 0 aliphatic carbocycles. The summed E-state index contributed by atoms with van der Waals surface area (Å²) in [5, 5.41) is 2.81. The molecule has 0 saturated heterocycles. The number of anilines is 1. The fourth-order valence-corrected chi connectivity index (χ4v) is 1.58. The van der Waals surface area contributed by atoms with E-state index in [1.807, 2.05) is 25.1 Å². The molecule has 0 aliphatic rings. The number of carbonyl (C=O) groups is 1. The van der Waals surface area contributed by atoms with E-state index in [-0.39, 0.29) is 17.6 Å². The predicted molar refractivity (Wildman–Crippen MR) is 68.8 cm³/mol. The Bertz CT molecular complexity index is 542. The summed E-state index contributed by atoms with van der Waals surface area (Å²) in [5.74, 6) is -0.300. The second kappa shape index (κ2) is 5.27. The monoisotopic (exact) mass is 242 g/mol. The fourth-order valence-electron chi connectivity index (χ4n) is 1.58. The van der Waals surface area contributed by atoms with Gasteiger partial charge in [0.15, 0.2) is 5.69 Å². The Morgan fingerprint density at radius 2 is 2.00 bits per heavy atom. The van der Waals surface area contributed by atoms with Crippen LogP contribution in [0.15, 0.2) is 42.7 Å². The summed E-state index contributed by atoms with van der Waals surface area (Å²) < 4.78 is 0. The Morgan fingerprint density at radius 3 is 2.67 bits per heavy atom. The molecule has 1 amide bonds. The van der Waals surface area contributed by atoms with Crippen LogP contribution in [0.4, 0.5) is 5.69 Å². The largest absolute Gasteiger partial charge is 0.397 e. The summed E-state index contributed by atoms with van der Waals surface area (Å²) in [4.78, 5) is 20.1. The molecule has 2 aromatic rings. The zero-order valence-electron chi connectivity index (χ0n) is 10.00. The van der Waals surface area contributed by atoms with Crippen molar-refractivity contribution in [1.29, 1.82) is 0 Å². The number of nitrogen functional groups attached to an aromatic ring is 1. The molecule has 18 heavy (non-hydrogen) atoms. The lowest BCUT2D eigenvalue weighted by Gasteiger charge is -2.13. The van der Waals surface area contributed by atoms with E-state index in [1.165, 1.54) is 6.20 Å². The molecule has 5 nitrogen and oxygen atoms in total. The van der Waals surface area contributed by atoms with Crippen LogP contribution in [0.1, 0.15) is 29.1 Å². The van der Waals surface area contributed by atoms with E-state index in [1.54, 1.807) is 18.3 Å². The van der Waals surface area contributed by atoms with Crippen LogP contribution < -0.4 is 11.1 Å². The standard InChI is InChI=1S/C13H14N4O/c1-9(11-6-2-3-7-15-11)17-13(18)12-10(14)5-4-8-16-12/h2-9H,14H2,1H3,(H,17,18)/t9-/m1/s1. The van der Waals surface area contributed by atoms with E-state index in [9.17, 15) is 4.79 Å². The maximum atomic E-state index is 12.0. The first kappa shape index (κ1) is 12.0. The minimum Gasteiger partial charge on any atom is -0.397 e. The van der Waals surface area contributed by atoms with E-state index < -0.39 is 0 Å². The van der Waals surface area contributed by atoms with Crippen LogP contribution >= 0.6 is 0 Å². The number of nitrogens with one attached hydrogen (secondary N) is 1. The van der Waals surface area contributed by atoms with Gasteiger partial charge in [-0.2, -0.15) is 0 Å². The molecule has 2 aromatic heterocycles. The van der Waals surface area contributed by atoms with Gasteiger partial charge in [-0.15, -0.1) is 0 Å². The Hall–Kier alpha value is -2.43. The zero-order valence-corrected chi connectivity index (χ0v) is 10.00. The molecular weight excluding hydrogens is 228 g/mol. The highest BCUT2D eigenvalue weighted by atomic mass is 16.1. The second-order valence-electron chi connectivity index (χ2n) is 3.89. The Labute approximate surface area is 105 Å². The van der Waals surface area contributed by atoms with Gasteiger partial charge in [-0.3, -0.25) is 9.78 Å². The van der Waals surface area contributed by atoms with Gasteiger partial charge in [0.1, 0.15) is 0 Å². The van der Waals surface area contributed by atoms with E-state index in [0.29, 0.717) is 5.69 Å². The van der Waals surface area contributed by atoms with Crippen LogP contribution in [0, 0.1) is 0 Å². The molecule has 0 saturated carbocycles. The van der Waals surface area contributed by atoms with Crippen molar-refractivity contribution in [2.75, 3.05) is 5.73 Å². The second-order valence-corrected chi connectivity index (χ2v) is 3.89. The van der Waals surface area contributed by atoms with Gasteiger partial charge < -0.3 is 11.1 Å². The Kier molecular flexibility index (Phi) is 3.52. The highest BCUT2D eigenvalue weighted by Crippen LogP contribution is 2.11. The molecule has 0 bridgehead atoms. The Morgan fingerprint density at radius 1 is 1.22 bits per heavy atom. The molecule has 92 valence electrons. The number of hydrogen-bond donors (Lipinski definition) is 2. The van der Waals surface area contributed by atoms with Gasteiger partial charge in [0, 0.05) is 12.4 Å². The van der Waals surface area contributed by atoms with Crippen LogP contribution in [0.3, 0.4) is 0 Å². The van der Waals surface area contributed by atoms with Gasteiger partial charge in [-0.1, -0.05) is 6.07 Å². The summed E-state index contributed by atoms with van der Waals surface area (Å²) in [5.41, 5.74) is 7.09. The van der Waals surface area contributed by atoms with Crippen LogP contribution in [0.5, 0.6) is 0 Å². The van der Waals surface area contributed by atoms with Crippen molar-refractivity contribution in [3.05, 3.63) is 54.1 Å². The predicted octanol–water partition coefficient (Wildman–Crippen LogP) is 1.55. The van der Waals surface area contributed by atoms with Crippen LogP contribution in [0.2, 0.25) is 0 Å². The first-order chi connectivity index (χ1) is 8.68. The maximum Gasteiger partial charge on any atom is 0.272 e. The smallest absolute Gasteiger partial charge is 0.272 e. The van der Waals surface area contributed by atoms with Gasteiger partial charge in [-0.05, 0) is 31.2 Å². The molecule has 5 heteroatoms. The molecule has 0 radical (unpaired) electrons. The third kappa shape index (κ3) is 2.63. The molecule has 1 atom stereocenters. The zero-order chi connectivity index (χ0) is 13.0. The van der Waals surface area contributed by atoms with Crippen LogP contribution in [0.25, 0.3) is 0 Å². The highest BCUT2D eigenvalue weighted by Gasteiger charge is 2.15. The topological polar surface area (TPSA) is 80.9 Å². The average Bonchev–Trinajstić information content (AvgIpc) is 2.40. The first-order valence-corrected chi connectivity index (χ1v) is 5.61. The van der Waals surface area contributed by atoms with Crippen molar-refractivity contribution in [2.45, 2.75) is 13.0 Å². The van der Waals surface area contributed by atoms with E-state index >= 15 is 0 Å². The number of nitrogens with zero attached hydrogens (tertiary/aromatic N) is 2. The van der Waals surface area contributed by atoms with Crippen molar-refractivity contribution in [2.24, 2.45) is 0 Å². The third-order valence-electron chi connectivity index (χ3n) is 2.53. The molecule has 3 N–H and O–H groups in total. The average molecular weight is 242 g/mol. The van der Waals surface area contributed by atoms with E-state index in [4.69, 9.17) is 5.73 Å². The molecule has 2 heterocycles. The van der Waals surface area contributed by atoms with Crippen LogP contribution in [-0.2, 0) is 0 Å². The van der Waals surface area contributed by atoms with E-state index in [2.05, 4.69) is 15.3 Å². The minimum absolute atomic E-state index is 0.194. The number of hydrogen-bond acceptors (Lipinski definition) is 4. The molecule has 0 aromatic carbocycles. The van der Waals surface area contributed by atoms with Gasteiger partial charge in [0.2, 0.25) is 0 Å². The Balaban J connectivity index is 2.11. The van der Waals surface area contributed by atoms with Crippen molar-refractivity contribution < 1.29 is 4.79 Å². The molecule has 0 fully saturated rings. The lowest BCUT2D eigenvalue weighted by atomic mass is 10.2. The van der Waals surface area contributed by atoms with Crippen molar-refractivity contribution in [3.63, 3.8) is 0 Å². The molecule has 0 spiro atoms. The number of amides is 1. The molecule has 2 rings (SSSR count). The van der Waals surface area contributed by atoms with Gasteiger partial charge in [0.25, 0.3) is 5.91 Å². The SMILES string of the molecule is C[C@@H](NC(=O)c1ncccc1N)c1ccccn1. The van der Waals surface area contributed by atoms with Crippen molar-refractivity contribution in [1.82, 2.24) is 15.3 Å². The van der Waals surface area contributed by atoms with Gasteiger partial charge in [-0.25, -0.2) is 4.98 Å². The first-order valence-electron chi connectivity index (χ1n) is 5.61. The normalized spacial score (nSPS) is 11.8. The number of carbonyl (C=O) groups excluding carboxylic acids is 1. The molecule has 0 aliphatic heterocycles. The summed E-state index contributed by atoms with van der Waals surface area (Å²) in [6, 6.07) is 8.70. The van der Waals surface area contributed by atoms with Crippen LogP contribution in [-0.4, -0.2) is 15.9 Å². The highest BCUT2D eigenvalue weighted by molar-refractivity contribution is 5.97. The summed E-state index contributed by atoms with van der Waals surface area (Å²) >= 11 is 0. The summed E-state index contributed by atoms with van der Waals surface area (Å²) in [7, 11) is 0. The van der Waals surface area contributed by atoms with E-state index in [0.717, 1.165) is 5.69 Å². The van der Waals surface area contributed by atoms with Gasteiger partial charge >= 0.3 is 0 Å². The molecule has 0 unspecified atom stereocenters. The molecular formula is C13H14N4O. The number of nitrogens with two attached hydrogens (primary N) is 1. The maximum absolute atomic E-state index is 12.0. The van der Waals surface area contributed by atoms with Gasteiger partial charge in [0.05, 0.1) is 17.4 Å². The lowest BCUT2D eigenvalue weighted by Crippen LogP contribution is -2.28. The number of pyridine rings is 2. The quantitative estimate of drug-likeness (QED) is 0.855.